The Hall–Kier alpha value is -1.25. The zero-order valence-electron chi connectivity index (χ0n) is 11.6. The highest BCUT2D eigenvalue weighted by Crippen LogP contribution is 2.21. The first-order chi connectivity index (χ1) is 7.91. The maximum Gasteiger partial charge on any atom is 0.127 e. The first-order valence-corrected chi connectivity index (χ1v) is 6.37. The molecule has 0 bridgehead atoms. The average molecular weight is 235 g/mol. The molecule has 0 aliphatic heterocycles. The van der Waals surface area contributed by atoms with Crippen molar-refractivity contribution in [2.24, 2.45) is 17.8 Å². The van der Waals surface area contributed by atoms with E-state index in [9.17, 15) is 0 Å². The summed E-state index contributed by atoms with van der Waals surface area (Å²) in [5.41, 5.74) is 7.69. The second-order valence-corrected chi connectivity index (χ2v) is 5.46. The highest BCUT2D eigenvalue weighted by molar-refractivity contribution is 5.53. The number of anilines is 2. The van der Waals surface area contributed by atoms with Crippen molar-refractivity contribution in [2.45, 2.75) is 34.6 Å². The molecule has 96 valence electrons. The minimum absolute atomic E-state index is 0.652. The summed E-state index contributed by atoms with van der Waals surface area (Å²) >= 11 is 0. The SMILES string of the molecule is Cc1cnc(NCC(C(C)C)C(C)C)cc1N. The summed E-state index contributed by atoms with van der Waals surface area (Å²) in [5.74, 6) is 2.87. The molecule has 3 heteroatoms. The van der Waals surface area contributed by atoms with Gasteiger partial charge in [0.25, 0.3) is 0 Å². The standard InChI is InChI=1S/C14H25N3/c1-9(2)12(10(3)4)8-17-14-6-13(15)11(5)7-16-14/h6-7,9-10,12H,8H2,1-5H3,(H3,15,16,17). The fourth-order valence-corrected chi connectivity index (χ4v) is 2.10. The molecule has 0 amide bonds. The van der Waals surface area contributed by atoms with Crippen molar-refractivity contribution in [2.75, 3.05) is 17.6 Å². The number of nitrogens with one attached hydrogen (secondary N) is 1. The molecule has 0 saturated heterocycles. The third-order valence-corrected chi connectivity index (χ3v) is 3.38. The topological polar surface area (TPSA) is 50.9 Å². The maximum atomic E-state index is 5.87. The summed E-state index contributed by atoms with van der Waals surface area (Å²) < 4.78 is 0. The Labute approximate surface area is 105 Å². The Bertz CT molecular complexity index is 350. The number of hydrogen-bond acceptors (Lipinski definition) is 3. The molecule has 1 aromatic heterocycles. The predicted molar refractivity (Wildman–Crippen MR) is 75.0 cm³/mol. The van der Waals surface area contributed by atoms with Crippen LogP contribution in [0.3, 0.4) is 0 Å². The molecule has 0 radical (unpaired) electrons. The monoisotopic (exact) mass is 235 g/mol. The smallest absolute Gasteiger partial charge is 0.127 e. The van der Waals surface area contributed by atoms with Gasteiger partial charge in [-0.3, -0.25) is 0 Å². The first-order valence-electron chi connectivity index (χ1n) is 6.37. The normalized spacial score (nSPS) is 11.5. The predicted octanol–water partition coefficient (Wildman–Crippen LogP) is 3.31. The van der Waals surface area contributed by atoms with Crippen LogP contribution in [0.4, 0.5) is 11.5 Å². The molecule has 0 spiro atoms. The van der Waals surface area contributed by atoms with Gasteiger partial charge in [0.15, 0.2) is 0 Å². The molecule has 0 unspecified atom stereocenters. The van der Waals surface area contributed by atoms with E-state index >= 15 is 0 Å². The van der Waals surface area contributed by atoms with Crippen molar-refractivity contribution in [3.8, 4) is 0 Å². The lowest BCUT2D eigenvalue weighted by molar-refractivity contribution is 0.304. The molecule has 1 rings (SSSR count). The van der Waals surface area contributed by atoms with Crippen LogP contribution in [0.15, 0.2) is 12.3 Å². The first kappa shape index (κ1) is 13.8. The number of nitrogens with two attached hydrogens (primary N) is 1. The Morgan fingerprint density at radius 3 is 2.29 bits per heavy atom. The lowest BCUT2D eigenvalue weighted by atomic mass is 9.85. The van der Waals surface area contributed by atoms with E-state index in [0.29, 0.717) is 17.8 Å². The van der Waals surface area contributed by atoms with Gasteiger partial charge in [-0.15, -0.1) is 0 Å². The van der Waals surface area contributed by atoms with Gasteiger partial charge in [-0.25, -0.2) is 4.98 Å². The molecule has 0 aromatic carbocycles. The highest BCUT2D eigenvalue weighted by Gasteiger charge is 2.17. The van der Waals surface area contributed by atoms with Gasteiger partial charge in [0.05, 0.1) is 0 Å². The van der Waals surface area contributed by atoms with Gasteiger partial charge in [-0.2, -0.15) is 0 Å². The lowest BCUT2D eigenvalue weighted by Crippen LogP contribution is -2.24. The highest BCUT2D eigenvalue weighted by atomic mass is 15.0. The minimum atomic E-state index is 0.652. The van der Waals surface area contributed by atoms with E-state index in [2.05, 4.69) is 38.0 Å². The molecule has 1 aromatic rings. The number of aromatic nitrogens is 1. The number of nitrogen functional groups attached to an aromatic ring is 1. The molecule has 0 aliphatic rings. The van der Waals surface area contributed by atoms with Crippen LogP contribution in [0, 0.1) is 24.7 Å². The second kappa shape index (κ2) is 5.89. The minimum Gasteiger partial charge on any atom is -0.398 e. The van der Waals surface area contributed by atoms with Crippen molar-refractivity contribution in [1.29, 1.82) is 0 Å². The fraction of sp³-hybridized carbons (Fsp3) is 0.643. The van der Waals surface area contributed by atoms with Crippen molar-refractivity contribution < 1.29 is 0 Å². The lowest BCUT2D eigenvalue weighted by Gasteiger charge is -2.25. The van der Waals surface area contributed by atoms with Crippen LogP contribution in [0.2, 0.25) is 0 Å². The summed E-state index contributed by atoms with van der Waals surface area (Å²) in [6, 6.07) is 1.91. The van der Waals surface area contributed by atoms with E-state index < -0.39 is 0 Å². The zero-order chi connectivity index (χ0) is 13.0. The summed E-state index contributed by atoms with van der Waals surface area (Å²) in [7, 11) is 0. The van der Waals surface area contributed by atoms with Gasteiger partial charge in [-0.1, -0.05) is 27.7 Å². The molecule has 0 saturated carbocycles. The van der Waals surface area contributed by atoms with Crippen molar-refractivity contribution in [1.82, 2.24) is 4.98 Å². The number of rotatable bonds is 5. The molecule has 3 nitrogen and oxygen atoms in total. The van der Waals surface area contributed by atoms with Gasteiger partial charge in [0.1, 0.15) is 5.82 Å². The molecular formula is C14H25N3. The number of hydrogen-bond donors (Lipinski definition) is 2. The number of nitrogens with zero attached hydrogens (tertiary/aromatic N) is 1. The van der Waals surface area contributed by atoms with Crippen molar-refractivity contribution in [3.05, 3.63) is 17.8 Å². The summed E-state index contributed by atoms with van der Waals surface area (Å²) in [6.45, 7) is 12.0. The summed E-state index contributed by atoms with van der Waals surface area (Å²) in [4.78, 5) is 4.34. The summed E-state index contributed by atoms with van der Waals surface area (Å²) in [5, 5.41) is 3.38. The van der Waals surface area contributed by atoms with Crippen LogP contribution in [0.1, 0.15) is 33.3 Å². The van der Waals surface area contributed by atoms with E-state index in [-0.39, 0.29) is 0 Å². The van der Waals surface area contributed by atoms with Gasteiger partial charge in [0, 0.05) is 24.5 Å². The molecule has 0 fully saturated rings. The Morgan fingerprint density at radius 1 is 1.24 bits per heavy atom. The maximum absolute atomic E-state index is 5.87. The van der Waals surface area contributed by atoms with Crippen LogP contribution in [-0.2, 0) is 0 Å². The second-order valence-electron chi connectivity index (χ2n) is 5.46. The molecule has 1 heterocycles. The molecule has 0 aliphatic carbocycles. The fourth-order valence-electron chi connectivity index (χ4n) is 2.10. The van der Waals surface area contributed by atoms with E-state index in [4.69, 9.17) is 5.73 Å². The van der Waals surface area contributed by atoms with Gasteiger partial charge >= 0.3 is 0 Å². The van der Waals surface area contributed by atoms with Crippen LogP contribution in [-0.4, -0.2) is 11.5 Å². The van der Waals surface area contributed by atoms with Gasteiger partial charge in [-0.05, 0) is 30.2 Å². The van der Waals surface area contributed by atoms with E-state index in [0.717, 1.165) is 23.6 Å². The van der Waals surface area contributed by atoms with Crippen LogP contribution >= 0.6 is 0 Å². The third kappa shape index (κ3) is 3.91. The zero-order valence-corrected chi connectivity index (χ0v) is 11.6. The van der Waals surface area contributed by atoms with Crippen molar-refractivity contribution >= 4 is 11.5 Å². The van der Waals surface area contributed by atoms with Gasteiger partial charge in [0.2, 0.25) is 0 Å². The Balaban J connectivity index is 2.62. The quantitative estimate of drug-likeness (QED) is 0.823. The van der Waals surface area contributed by atoms with Crippen molar-refractivity contribution in [3.63, 3.8) is 0 Å². The number of pyridine rings is 1. The summed E-state index contributed by atoms with van der Waals surface area (Å²) in [6.07, 6.45) is 1.82. The van der Waals surface area contributed by atoms with Crippen LogP contribution in [0.25, 0.3) is 0 Å². The molecular weight excluding hydrogens is 210 g/mol. The van der Waals surface area contributed by atoms with E-state index in [1.807, 2.05) is 19.2 Å². The molecule has 0 atom stereocenters. The van der Waals surface area contributed by atoms with E-state index in [1.165, 1.54) is 0 Å². The molecule has 17 heavy (non-hydrogen) atoms. The third-order valence-electron chi connectivity index (χ3n) is 3.38. The largest absolute Gasteiger partial charge is 0.398 e. The van der Waals surface area contributed by atoms with Gasteiger partial charge < -0.3 is 11.1 Å². The molecule has 3 N–H and O–H groups in total. The Kier molecular flexibility index (Phi) is 4.79. The number of aryl methyl sites for hydroxylation is 1. The van der Waals surface area contributed by atoms with E-state index in [1.54, 1.807) is 0 Å². The van der Waals surface area contributed by atoms with Crippen LogP contribution < -0.4 is 11.1 Å². The Morgan fingerprint density at radius 2 is 1.82 bits per heavy atom. The average Bonchev–Trinajstić information content (AvgIpc) is 2.22. The van der Waals surface area contributed by atoms with Crippen LogP contribution in [0.5, 0.6) is 0 Å².